The quantitative estimate of drug-likeness (QED) is 0.887. The second-order valence-corrected chi connectivity index (χ2v) is 5.40. The fourth-order valence-electron chi connectivity index (χ4n) is 1.92. The van der Waals surface area contributed by atoms with Crippen LogP contribution in [0.3, 0.4) is 0 Å². The van der Waals surface area contributed by atoms with Crippen LogP contribution in [0.4, 0.5) is 0 Å². The highest BCUT2D eigenvalue weighted by Gasteiger charge is 2.07. The maximum atomic E-state index is 8.88. The lowest BCUT2D eigenvalue weighted by molar-refractivity contribution is 0.575. The van der Waals surface area contributed by atoms with Crippen molar-refractivity contribution >= 4 is 23.2 Å². The summed E-state index contributed by atoms with van der Waals surface area (Å²) in [4.78, 5) is 0. The number of halogens is 2. The first-order valence-electron chi connectivity index (χ1n) is 6.27. The molecule has 0 aliphatic heterocycles. The van der Waals surface area contributed by atoms with E-state index >= 15 is 0 Å². The number of nitrogens with zero attached hydrogens (tertiary/aromatic N) is 1. The van der Waals surface area contributed by atoms with Gasteiger partial charge in [0, 0.05) is 12.6 Å². The van der Waals surface area contributed by atoms with Crippen molar-refractivity contribution in [2.45, 2.75) is 19.5 Å². The maximum Gasteiger partial charge on any atom is 0.0991 e. The third-order valence-electron chi connectivity index (χ3n) is 3.11. The van der Waals surface area contributed by atoms with Gasteiger partial charge < -0.3 is 5.32 Å². The monoisotopic (exact) mass is 304 g/mol. The molecule has 2 nitrogen and oxygen atoms in total. The van der Waals surface area contributed by atoms with Crippen LogP contribution in [0.5, 0.6) is 0 Å². The standard InChI is InChI=1S/C16H14Cl2N2/c1-11(14-5-6-15(17)16(18)8-14)20-10-13-4-2-3-12(7-13)9-19/h2-8,11,20H,10H2,1H3/t11-/m0/s1. The first-order valence-corrected chi connectivity index (χ1v) is 7.03. The molecule has 102 valence electrons. The molecule has 0 bridgehead atoms. The molecule has 2 aromatic rings. The molecule has 2 rings (SSSR count). The lowest BCUT2D eigenvalue weighted by Gasteiger charge is -2.15. The predicted molar refractivity (Wildman–Crippen MR) is 82.9 cm³/mol. The van der Waals surface area contributed by atoms with Crippen LogP contribution in [0, 0.1) is 11.3 Å². The largest absolute Gasteiger partial charge is 0.306 e. The van der Waals surface area contributed by atoms with E-state index < -0.39 is 0 Å². The minimum absolute atomic E-state index is 0.149. The van der Waals surface area contributed by atoms with Gasteiger partial charge in [-0.1, -0.05) is 41.4 Å². The molecule has 2 aromatic carbocycles. The zero-order chi connectivity index (χ0) is 14.5. The van der Waals surface area contributed by atoms with Crippen LogP contribution in [0.15, 0.2) is 42.5 Å². The van der Waals surface area contributed by atoms with Crippen LogP contribution in [-0.2, 0) is 6.54 Å². The van der Waals surface area contributed by atoms with Crippen LogP contribution in [-0.4, -0.2) is 0 Å². The topological polar surface area (TPSA) is 35.8 Å². The first-order chi connectivity index (χ1) is 9.60. The van der Waals surface area contributed by atoms with E-state index in [1.165, 1.54) is 0 Å². The summed E-state index contributed by atoms with van der Waals surface area (Å²) in [6.07, 6.45) is 0. The molecule has 0 aromatic heterocycles. The summed E-state index contributed by atoms with van der Waals surface area (Å²) in [5.74, 6) is 0. The second kappa shape index (κ2) is 6.76. The summed E-state index contributed by atoms with van der Waals surface area (Å²) < 4.78 is 0. The number of nitriles is 1. The second-order valence-electron chi connectivity index (χ2n) is 4.59. The zero-order valence-electron chi connectivity index (χ0n) is 11.0. The predicted octanol–water partition coefficient (Wildman–Crippen LogP) is 4.72. The Morgan fingerprint density at radius 2 is 1.95 bits per heavy atom. The Kier molecular flexibility index (Phi) is 5.03. The molecule has 4 heteroatoms. The van der Waals surface area contributed by atoms with Gasteiger partial charge in [0.25, 0.3) is 0 Å². The van der Waals surface area contributed by atoms with E-state index in [0.29, 0.717) is 22.2 Å². The minimum Gasteiger partial charge on any atom is -0.306 e. The summed E-state index contributed by atoms with van der Waals surface area (Å²) in [6.45, 7) is 2.75. The van der Waals surface area contributed by atoms with Crippen molar-refractivity contribution in [2.24, 2.45) is 0 Å². The van der Waals surface area contributed by atoms with Gasteiger partial charge in [-0.15, -0.1) is 0 Å². The van der Waals surface area contributed by atoms with Crippen molar-refractivity contribution in [1.29, 1.82) is 5.26 Å². The normalized spacial score (nSPS) is 11.9. The smallest absolute Gasteiger partial charge is 0.0991 e. The van der Waals surface area contributed by atoms with E-state index in [-0.39, 0.29) is 6.04 Å². The molecule has 0 amide bonds. The highest BCUT2D eigenvalue weighted by molar-refractivity contribution is 6.42. The number of hydrogen-bond donors (Lipinski definition) is 1. The summed E-state index contributed by atoms with van der Waals surface area (Å²) in [7, 11) is 0. The van der Waals surface area contributed by atoms with Gasteiger partial charge in [0.2, 0.25) is 0 Å². The summed E-state index contributed by atoms with van der Waals surface area (Å²) >= 11 is 11.9. The van der Waals surface area contributed by atoms with Crippen molar-refractivity contribution in [3.63, 3.8) is 0 Å². The van der Waals surface area contributed by atoms with Gasteiger partial charge in [-0.05, 0) is 42.3 Å². The van der Waals surface area contributed by atoms with Gasteiger partial charge in [-0.3, -0.25) is 0 Å². The van der Waals surface area contributed by atoms with E-state index in [0.717, 1.165) is 11.1 Å². The van der Waals surface area contributed by atoms with E-state index in [9.17, 15) is 0 Å². The Morgan fingerprint density at radius 1 is 1.15 bits per heavy atom. The third-order valence-corrected chi connectivity index (χ3v) is 3.85. The molecule has 0 spiro atoms. The fraction of sp³-hybridized carbons (Fsp3) is 0.188. The van der Waals surface area contributed by atoms with Crippen molar-refractivity contribution in [1.82, 2.24) is 5.32 Å². The Balaban J connectivity index is 2.02. The lowest BCUT2D eigenvalue weighted by Crippen LogP contribution is -2.18. The number of nitrogens with one attached hydrogen (secondary N) is 1. The van der Waals surface area contributed by atoms with Gasteiger partial charge in [-0.2, -0.15) is 5.26 Å². The Labute approximate surface area is 128 Å². The van der Waals surface area contributed by atoms with Gasteiger partial charge in [0.05, 0.1) is 21.7 Å². The Hall–Kier alpha value is -1.53. The van der Waals surface area contributed by atoms with Crippen molar-refractivity contribution in [3.05, 3.63) is 69.2 Å². The summed E-state index contributed by atoms with van der Waals surface area (Å²) in [5, 5.41) is 13.4. The van der Waals surface area contributed by atoms with Crippen LogP contribution >= 0.6 is 23.2 Å². The molecule has 0 aliphatic carbocycles. The molecule has 0 radical (unpaired) electrons. The van der Waals surface area contributed by atoms with Crippen LogP contribution in [0.2, 0.25) is 10.0 Å². The van der Waals surface area contributed by atoms with Gasteiger partial charge in [0.15, 0.2) is 0 Å². The van der Waals surface area contributed by atoms with Crippen LogP contribution in [0.1, 0.15) is 29.7 Å². The van der Waals surface area contributed by atoms with Crippen LogP contribution < -0.4 is 5.32 Å². The van der Waals surface area contributed by atoms with Crippen LogP contribution in [0.25, 0.3) is 0 Å². The molecule has 0 heterocycles. The fourth-order valence-corrected chi connectivity index (χ4v) is 2.23. The molecule has 0 saturated carbocycles. The molecule has 0 fully saturated rings. The zero-order valence-corrected chi connectivity index (χ0v) is 12.5. The average molecular weight is 305 g/mol. The number of rotatable bonds is 4. The molecule has 0 unspecified atom stereocenters. The van der Waals surface area contributed by atoms with Gasteiger partial charge >= 0.3 is 0 Å². The number of benzene rings is 2. The Bertz CT molecular complexity index is 647. The maximum absolute atomic E-state index is 8.88. The lowest BCUT2D eigenvalue weighted by atomic mass is 10.1. The summed E-state index contributed by atoms with van der Waals surface area (Å²) in [6, 6.07) is 15.5. The third kappa shape index (κ3) is 3.74. The Morgan fingerprint density at radius 3 is 2.65 bits per heavy atom. The van der Waals surface area contributed by atoms with E-state index in [4.69, 9.17) is 28.5 Å². The number of hydrogen-bond acceptors (Lipinski definition) is 2. The van der Waals surface area contributed by atoms with E-state index in [1.54, 1.807) is 12.1 Å². The molecular formula is C16H14Cl2N2. The minimum atomic E-state index is 0.149. The van der Waals surface area contributed by atoms with Gasteiger partial charge in [0.1, 0.15) is 0 Å². The summed E-state index contributed by atoms with van der Waals surface area (Å²) in [5.41, 5.74) is 2.83. The highest BCUT2D eigenvalue weighted by Crippen LogP contribution is 2.25. The molecule has 1 atom stereocenters. The molecule has 1 N–H and O–H groups in total. The van der Waals surface area contributed by atoms with E-state index in [1.807, 2.05) is 30.3 Å². The molecule has 20 heavy (non-hydrogen) atoms. The van der Waals surface area contributed by atoms with Crippen molar-refractivity contribution in [3.8, 4) is 6.07 Å². The SMILES string of the molecule is C[C@H](NCc1cccc(C#N)c1)c1ccc(Cl)c(Cl)c1. The molecule has 0 aliphatic rings. The average Bonchev–Trinajstić information content (AvgIpc) is 2.47. The van der Waals surface area contributed by atoms with Crippen molar-refractivity contribution < 1.29 is 0 Å². The van der Waals surface area contributed by atoms with E-state index in [2.05, 4.69) is 18.3 Å². The van der Waals surface area contributed by atoms with Crippen molar-refractivity contribution in [2.75, 3.05) is 0 Å². The first kappa shape index (κ1) is 14.9. The molecular weight excluding hydrogens is 291 g/mol. The van der Waals surface area contributed by atoms with Gasteiger partial charge in [-0.25, -0.2) is 0 Å². The molecule has 0 saturated heterocycles. The highest BCUT2D eigenvalue weighted by atomic mass is 35.5.